The van der Waals surface area contributed by atoms with Gasteiger partial charge in [0.25, 0.3) is 0 Å². The summed E-state index contributed by atoms with van der Waals surface area (Å²) in [5.41, 5.74) is 4.33. The third kappa shape index (κ3) is 4.07. The second-order valence-corrected chi connectivity index (χ2v) is 9.36. The fourth-order valence-corrected chi connectivity index (χ4v) is 5.21. The normalized spacial score (nSPS) is 17.9. The summed E-state index contributed by atoms with van der Waals surface area (Å²) in [5.74, 6) is 1.24. The highest BCUT2D eigenvalue weighted by molar-refractivity contribution is 9.10. The van der Waals surface area contributed by atoms with Crippen LogP contribution in [-0.2, 0) is 0 Å². The zero-order valence-electron chi connectivity index (χ0n) is 18.0. The van der Waals surface area contributed by atoms with Crippen molar-refractivity contribution in [2.75, 3.05) is 4.90 Å². The van der Waals surface area contributed by atoms with Crippen molar-refractivity contribution in [3.63, 3.8) is 0 Å². The standard InChI is InChI=1S/C26H21BrFN3OS/c1-15-6-8-18(19(27)13-15)22-10-11-23(32-22)25-24(21-5-3-4-12-29-21)30-26(33)31(25)17-7-9-20(28)16(2)14-17/h3-14,24-25H,1-2H3,(H,30,33)/t24-,25+/m0/s1. The summed E-state index contributed by atoms with van der Waals surface area (Å²) in [6, 6.07) is 20.4. The minimum Gasteiger partial charge on any atom is -0.459 e. The predicted molar refractivity (Wildman–Crippen MR) is 136 cm³/mol. The molecule has 1 aliphatic heterocycles. The molecular weight excluding hydrogens is 501 g/mol. The van der Waals surface area contributed by atoms with Crippen LogP contribution in [0.15, 0.2) is 81.8 Å². The van der Waals surface area contributed by atoms with Crippen LogP contribution in [0.4, 0.5) is 10.1 Å². The Kier molecular flexibility index (Phi) is 5.76. The van der Waals surface area contributed by atoms with Crippen molar-refractivity contribution in [2.45, 2.75) is 25.9 Å². The van der Waals surface area contributed by atoms with Gasteiger partial charge >= 0.3 is 0 Å². The van der Waals surface area contributed by atoms with Gasteiger partial charge in [-0.25, -0.2) is 4.39 Å². The van der Waals surface area contributed by atoms with E-state index in [9.17, 15) is 4.39 Å². The molecule has 0 bridgehead atoms. The van der Waals surface area contributed by atoms with Gasteiger partial charge in [-0.05, 0) is 91.8 Å². The molecule has 4 nitrogen and oxygen atoms in total. The molecule has 3 heterocycles. The van der Waals surface area contributed by atoms with Gasteiger partial charge in [-0.3, -0.25) is 4.98 Å². The van der Waals surface area contributed by atoms with Gasteiger partial charge in [0.05, 0.1) is 11.7 Å². The molecule has 0 saturated carbocycles. The number of pyridine rings is 1. The van der Waals surface area contributed by atoms with E-state index in [4.69, 9.17) is 16.6 Å². The van der Waals surface area contributed by atoms with Gasteiger partial charge < -0.3 is 14.6 Å². The van der Waals surface area contributed by atoms with Crippen LogP contribution in [0.5, 0.6) is 0 Å². The van der Waals surface area contributed by atoms with E-state index in [0.29, 0.717) is 10.7 Å². The number of aryl methyl sites for hydroxylation is 2. The van der Waals surface area contributed by atoms with Crippen LogP contribution in [0.3, 0.4) is 0 Å². The van der Waals surface area contributed by atoms with Gasteiger partial charge in [-0.1, -0.05) is 28.1 Å². The molecule has 2 aromatic carbocycles. The van der Waals surface area contributed by atoms with E-state index in [-0.39, 0.29) is 17.9 Å². The highest BCUT2D eigenvalue weighted by atomic mass is 79.9. The maximum absolute atomic E-state index is 14.0. The van der Waals surface area contributed by atoms with Gasteiger partial charge in [0.15, 0.2) is 5.11 Å². The second-order valence-electron chi connectivity index (χ2n) is 8.12. The Bertz CT molecular complexity index is 1340. The number of rotatable bonds is 4. The Labute approximate surface area is 205 Å². The fraction of sp³-hybridized carbons (Fsp3) is 0.154. The van der Waals surface area contributed by atoms with Crippen LogP contribution in [0.1, 0.15) is 34.7 Å². The number of halogens is 2. The monoisotopic (exact) mass is 521 g/mol. The van der Waals surface area contributed by atoms with Crippen molar-refractivity contribution in [3.05, 3.63) is 106 Å². The Morgan fingerprint density at radius 3 is 2.64 bits per heavy atom. The summed E-state index contributed by atoms with van der Waals surface area (Å²) < 4.78 is 21.4. The largest absolute Gasteiger partial charge is 0.459 e. The Morgan fingerprint density at radius 2 is 1.91 bits per heavy atom. The number of nitrogens with zero attached hydrogens (tertiary/aromatic N) is 2. The van der Waals surface area contributed by atoms with Gasteiger partial charge in [0.2, 0.25) is 0 Å². The second kappa shape index (κ2) is 8.72. The SMILES string of the molecule is Cc1ccc(-c2ccc([C@@H]3[C@H](c4ccccn4)NC(=S)N3c3ccc(F)c(C)c3)o2)c(Br)c1. The number of hydrogen-bond acceptors (Lipinski definition) is 3. The lowest BCUT2D eigenvalue weighted by Gasteiger charge is -2.26. The Hall–Kier alpha value is -3.03. The molecule has 7 heteroatoms. The first kappa shape index (κ1) is 21.8. The third-order valence-electron chi connectivity index (χ3n) is 5.83. The summed E-state index contributed by atoms with van der Waals surface area (Å²) >= 11 is 9.38. The summed E-state index contributed by atoms with van der Waals surface area (Å²) in [4.78, 5) is 6.54. The lowest BCUT2D eigenvalue weighted by Crippen LogP contribution is -2.29. The highest BCUT2D eigenvalue weighted by Crippen LogP contribution is 2.43. The van der Waals surface area contributed by atoms with Crippen LogP contribution in [0.2, 0.25) is 0 Å². The minimum atomic E-state index is -0.296. The van der Waals surface area contributed by atoms with E-state index >= 15 is 0 Å². The topological polar surface area (TPSA) is 41.3 Å². The average molecular weight is 522 g/mol. The molecule has 4 aromatic rings. The average Bonchev–Trinajstić information content (AvgIpc) is 3.41. The van der Waals surface area contributed by atoms with Gasteiger partial charge in [0, 0.05) is 21.9 Å². The van der Waals surface area contributed by atoms with Crippen LogP contribution in [0.25, 0.3) is 11.3 Å². The van der Waals surface area contributed by atoms with E-state index in [1.54, 1.807) is 25.3 Å². The molecule has 2 atom stereocenters. The molecule has 0 spiro atoms. The molecule has 5 rings (SSSR count). The summed E-state index contributed by atoms with van der Waals surface area (Å²) in [7, 11) is 0. The first-order valence-corrected chi connectivity index (χ1v) is 11.8. The van der Waals surface area contributed by atoms with Crippen molar-refractivity contribution in [2.24, 2.45) is 0 Å². The minimum absolute atomic E-state index is 0.232. The van der Waals surface area contributed by atoms with E-state index < -0.39 is 0 Å². The Balaban J connectivity index is 1.61. The molecule has 2 aromatic heterocycles. The highest BCUT2D eigenvalue weighted by Gasteiger charge is 2.42. The van der Waals surface area contributed by atoms with Gasteiger partial charge in [-0.15, -0.1) is 0 Å². The van der Waals surface area contributed by atoms with Crippen LogP contribution < -0.4 is 10.2 Å². The summed E-state index contributed by atoms with van der Waals surface area (Å²) in [5, 5.41) is 3.94. The molecule has 0 unspecified atom stereocenters. The smallest absolute Gasteiger partial charge is 0.174 e. The number of benzene rings is 2. The molecular formula is C26H21BrFN3OS. The Morgan fingerprint density at radius 1 is 1.06 bits per heavy atom. The molecule has 166 valence electrons. The number of aromatic nitrogens is 1. The van der Waals surface area contributed by atoms with E-state index in [2.05, 4.69) is 38.4 Å². The van der Waals surface area contributed by atoms with E-state index in [1.165, 1.54) is 6.07 Å². The van der Waals surface area contributed by atoms with Crippen molar-refractivity contribution in [1.29, 1.82) is 0 Å². The molecule has 1 saturated heterocycles. The number of hydrogen-bond donors (Lipinski definition) is 1. The van der Waals surface area contributed by atoms with Gasteiger partial charge in [-0.2, -0.15) is 0 Å². The number of nitrogens with one attached hydrogen (secondary N) is 1. The lowest BCUT2D eigenvalue weighted by atomic mass is 10.0. The third-order valence-corrected chi connectivity index (χ3v) is 6.80. The number of furan rings is 1. The van der Waals surface area contributed by atoms with Crippen molar-refractivity contribution >= 4 is 38.9 Å². The van der Waals surface area contributed by atoms with Crippen LogP contribution in [0, 0.1) is 19.7 Å². The zero-order chi connectivity index (χ0) is 23.1. The predicted octanol–water partition coefficient (Wildman–Crippen LogP) is 7.04. The van der Waals surface area contributed by atoms with Crippen molar-refractivity contribution in [1.82, 2.24) is 10.3 Å². The van der Waals surface area contributed by atoms with Crippen LogP contribution in [-0.4, -0.2) is 10.1 Å². The number of anilines is 1. The number of thiocarbonyl (C=S) groups is 1. The molecule has 1 fully saturated rings. The van der Waals surface area contributed by atoms with E-state index in [0.717, 1.165) is 38.5 Å². The van der Waals surface area contributed by atoms with E-state index in [1.807, 2.05) is 48.2 Å². The maximum atomic E-state index is 14.0. The first-order chi connectivity index (χ1) is 15.9. The van der Waals surface area contributed by atoms with Crippen molar-refractivity contribution < 1.29 is 8.81 Å². The summed E-state index contributed by atoms with van der Waals surface area (Å²) in [6.45, 7) is 3.80. The fourth-order valence-electron chi connectivity index (χ4n) is 4.18. The molecule has 1 N–H and O–H groups in total. The molecule has 0 radical (unpaired) electrons. The zero-order valence-corrected chi connectivity index (χ0v) is 20.5. The molecule has 0 aliphatic carbocycles. The molecule has 0 amide bonds. The molecule has 33 heavy (non-hydrogen) atoms. The van der Waals surface area contributed by atoms with Crippen LogP contribution >= 0.6 is 28.1 Å². The lowest BCUT2D eigenvalue weighted by molar-refractivity contribution is 0.439. The summed E-state index contributed by atoms with van der Waals surface area (Å²) in [6.07, 6.45) is 1.76. The quantitative estimate of drug-likeness (QED) is 0.291. The van der Waals surface area contributed by atoms with Gasteiger partial charge in [0.1, 0.15) is 23.4 Å². The maximum Gasteiger partial charge on any atom is 0.174 e. The van der Waals surface area contributed by atoms with Crippen molar-refractivity contribution in [3.8, 4) is 11.3 Å². The first-order valence-electron chi connectivity index (χ1n) is 10.6. The molecule has 1 aliphatic rings.